The molecule has 1 N–H and O–H groups in total. The van der Waals surface area contributed by atoms with Crippen LogP contribution in [0.1, 0.15) is 6.42 Å². The summed E-state index contributed by atoms with van der Waals surface area (Å²) in [6, 6.07) is 0. The Morgan fingerprint density at radius 1 is 1.82 bits per heavy atom. The maximum Gasteiger partial charge on any atom is 0.350 e. The zero-order chi connectivity index (χ0) is 8.43. The minimum absolute atomic E-state index is 0.0451. The lowest BCUT2D eigenvalue weighted by Gasteiger charge is -2.02. The second kappa shape index (κ2) is 2.92. The Bertz CT molecular complexity index is 233. The Hall–Kier alpha value is -1.03. The van der Waals surface area contributed by atoms with Crippen molar-refractivity contribution in [1.82, 2.24) is 0 Å². The van der Waals surface area contributed by atoms with Crippen molar-refractivity contribution >= 4 is 23.5 Å². The summed E-state index contributed by atoms with van der Waals surface area (Å²) < 4.78 is 4.54. The first kappa shape index (κ1) is 8.07. The molecule has 0 aliphatic carbocycles. The van der Waals surface area contributed by atoms with E-state index in [1.807, 2.05) is 0 Å². The van der Waals surface area contributed by atoms with Gasteiger partial charge < -0.3 is 9.84 Å². The molecule has 0 fully saturated rings. The molecule has 5 heteroatoms. The molecule has 0 saturated carbocycles. The number of esters is 1. The van der Waals surface area contributed by atoms with Gasteiger partial charge in [-0.3, -0.25) is 4.79 Å². The van der Waals surface area contributed by atoms with Crippen LogP contribution in [-0.2, 0) is 14.3 Å². The predicted molar refractivity (Wildman–Crippen MR) is 36.1 cm³/mol. The second-order valence-corrected chi connectivity index (χ2v) is 2.46. The molecule has 0 aromatic heterocycles. The molecular weight excluding hydrogens is 172 g/mol. The van der Waals surface area contributed by atoms with Gasteiger partial charge in [0.25, 0.3) is 0 Å². The van der Waals surface area contributed by atoms with E-state index in [-0.39, 0.29) is 11.5 Å². The highest BCUT2D eigenvalue weighted by Crippen LogP contribution is 2.18. The fourth-order valence-corrected chi connectivity index (χ4v) is 0.917. The first-order chi connectivity index (χ1) is 5.09. The van der Waals surface area contributed by atoms with Crippen molar-refractivity contribution in [2.45, 2.75) is 12.5 Å². The first-order valence-corrected chi connectivity index (χ1v) is 3.27. The number of aliphatic carboxylic acids is 1. The zero-order valence-electron chi connectivity index (χ0n) is 5.41. The van der Waals surface area contributed by atoms with Crippen LogP contribution in [-0.4, -0.2) is 23.1 Å². The fourth-order valence-electron chi connectivity index (χ4n) is 0.732. The molecule has 0 amide bonds. The van der Waals surface area contributed by atoms with Crippen molar-refractivity contribution in [3.05, 3.63) is 11.1 Å². The van der Waals surface area contributed by atoms with Gasteiger partial charge in [-0.25, -0.2) is 4.79 Å². The molecule has 60 valence electrons. The van der Waals surface area contributed by atoms with Crippen LogP contribution in [0, 0.1) is 0 Å². The van der Waals surface area contributed by atoms with E-state index in [4.69, 9.17) is 16.7 Å². The van der Waals surface area contributed by atoms with Crippen LogP contribution in [0.2, 0.25) is 0 Å². The first-order valence-electron chi connectivity index (χ1n) is 2.89. The summed E-state index contributed by atoms with van der Waals surface area (Å²) in [5.41, 5.74) is 0. The van der Waals surface area contributed by atoms with Gasteiger partial charge in [0.05, 0.1) is 6.42 Å². The number of halogens is 1. The van der Waals surface area contributed by atoms with E-state index < -0.39 is 18.0 Å². The van der Waals surface area contributed by atoms with Crippen LogP contribution in [0.25, 0.3) is 0 Å². The van der Waals surface area contributed by atoms with Crippen LogP contribution >= 0.6 is 11.6 Å². The average molecular weight is 177 g/mol. The number of carbonyl (C=O) groups excluding carboxylic acids is 1. The number of hydrogen-bond acceptors (Lipinski definition) is 3. The Balaban J connectivity index is 2.54. The number of hydrogen-bond donors (Lipinski definition) is 1. The molecule has 1 unspecified atom stereocenters. The number of carboxylic acids is 1. The van der Waals surface area contributed by atoms with E-state index in [9.17, 15) is 9.59 Å². The molecule has 1 aliphatic heterocycles. The van der Waals surface area contributed by atoms with Crippen LogP contribution in [0.4, 0.5) is 0 Å². The van der Waals surface area contributed by atoms with Crippen molar-refractivity contribution in [3.8, 4) is 0 Å². The summed E-state index contributed by atoms with van der Waals surface area (Å²) in [7, 11) is 0. The quantitative estimate of drug-likeness (QED) is 0.623. The Morgan fingerprint density at radius 3 is 2.82 bits per heavy atom. The third-order valence-corrected chi connectivity index (χ3v) is 1.44. The van der Waals surface area contributed by atoms with Crippen LogP contribution in [0.3, 0.4) is 0 Å². The molecule has 1 atom stereocenters. The molecule has 4 nitrogen and oxygen atoms in total. The predicted octanol–water partition coefficient (Wildman–Crippen LogP) is 0.509. The smallest absolute Gasteiger partial charge is 0.350 e. The Kier molecular flexibility index (Phi) is 2.14. The van der Waals surface area contributed by atoms with E-state index in [1.54, 1.807) is 0 Å². The minimum Gasteiger partial charge on any atom is -0.481 e. The summed E-state index contributed by atoms with van der Waals surface area (Å²) in [5.74, 6) is -1.68. The summed E-state index contributed by atoms with van der Waals surface area (Å²) >= 11 is 5.33. The number of rotatable bonds is 2. The molecule has 0 saturated heterocycles. The Morgan fingerprint density at radius 2 is 2.45 bits per heavy atom. The summed E-state index contributed by atoms with van der Waals surface area (Å²) in [4.78, 5) is 20.7. The lowest BCUT2D eigenvalue weighted by Crippen LogP contribution is -2.12. The number of cyclic esters (lactones) is 1. The second-order valence-electron chi connectivity index (χ2n) is 2.06. The highest BCUT2D eigenvalue weighted by molar-refractivity contribution is 6.41. The van der Waals surface area contributed by atoms with Crippen molar-refractivity contribution < 1.29 is 19.4 Å². The van der Waals surface area contributed by atoms with Gasteiger partial charge in [-0.15, -0.1) is 0 Å². The lowest BCUT2D eigenvalue weighted by molar-refractivity contribution is -0.144. The van der Waals surface area contributed by atoms with Crippen molar-refractivity contribution in [3.63, 3.8) is 0 Å². The number of ether oxygens (including phenoxy) is 1. The van der Waals surface area contributed by atoms with Gasteiger partial charge in [-0.2, -0.15) is 0 Å². The highest BCUT2D eigenvalue weighted by atomic mass is 35.5. The highest BCUT2D eigenvalue weighted by Gasteiger charge is 2.25. The Labute approximate surface area is 67.4 Å². The fraction of sp³-hybridized carbons (Fsp3) is 0.333. The normalized spacial score (nSPS) is 22.8. The molecular formula is C6H5ClO4. The topological polar surface area (TPSA) is 63.6 Å². The van der Waals surface area contributed by atoms with Gasteiger partial charge >= 0.3 is 11.9 Å². The summed E-state index contributed by atoms with van der Waals surface area (Å²) in [5, 5.41) is 8.24. The summed E-state index contributed by atoms with van der Waals surface area (Å²) in [6.07, 6.45) is 0.354. The van der Waals surface area contributed by atoms with Crippen molar-refractivity contribution in [2.75, 3.05) is 0 Å². The number of carbonyl (C=O) groups is 2. The lowest BCUT2D eigenvalue weighted by atomic mass is 10.2. The molecule has 0 bridgehead atoms. The molecule has 0 radical (unpaired) electrons. The van der Waals surface area contributed by atoms with E-state index in [0.29, 0.717) is 0 Å². The van der Waals surface area contributed by atoms with E-state index >= 15 is 0 Å². The monoisotopic (exact) mass is 176 g/mol. The van der Waals surface area contributed by atoms with Gasteiger partial charge in [0.2, 0.25) is 0 Å². The van der Waals surface area contributed by atoms with Crippen molar-refractivity contribution in [2.24, 2.45) is 0 Å². The van der Waals surface area contributed by atoms with Gasteiger partial charge in [0.15, 0.2) is 0 Å². The van der Waals surface area contributed by atoms with Gasteiger partial charge in [-0.05, 0) is 6.08 Å². The zero-order valence-corrected chi connectivity index (χ0v) is 6.17. The van der Waals surface area contributed by atoms with Crippen LogP contribution in [0.5, 0.6) is 0 Å². The standard InChI is InChI=1S/C6H5ClO4/c7-4-1-3(2-5(8)9)11-6(4)10/h1,3H,2H2,(H,8,9). The SMILES string of the molecule is O=C(O)CC1C=C(Cl)C(=O)O1. The third-order valence-electron chi connectivity index (χ3n) is 1.16. The van der Waals surface area contributed by atoms with Gasteiger partial charge in [0, 0.05) is 0 Å². The molecule has 1 aliphatic rings. The maximum atomic E-state index is 10.6. The molecule has 1 heterocycles. The van der Waals surface area contributed by atoms with Crippen LogP contribution < -0.4 is 0 Å². The molecule has 0 spiro atoms. The van der Waals surface area contributed by atoms with Gasteiger partial charge in [0.1, 0.15) is 11.1 Å². The van der Waals surface area contributed by atoms with Gasteiger partial charge in [-0.1, -0.05) is 11.6 Å². The molecule has 11 heavy (non-hydrogen) atoms. The average Bonchev–Trinajstić information content (AvgIpc) is 2.10. The number of carboxylic acid groups (broad SMARTS) is 1. The largest absolute Gasteiger partial charge is 0.481 e. The van der Waals surface area contributed by atoms with Crippen LogP contribution in [0.15, 0.2) is 11.1 Å². The third kappa shape index (κ3) is 1.94. The van der Waals surface area contributed by atoms with Crippen molar-refractivity contribution in [1.29, 1.82) is 0 Å². The molecule has 0 aromatic carbocycles. The van der Waals surface area contributed by atoms with E-state index in [2.05, 4.69) is 4.74 Å². The molecule has 1 rings (SSSR count). The minimum atomic E-state index is -1.02. The van der Waals surface area contributed by atoms with E-state index in [1.165, 1.54) is 6.08 Å². The molecule has 0 aromatic rings. The summed E-state index contributed by atoms with van der Waals surface area (Å²) in [6.45, 7) is 0. The maximum absolute atomic E-state index is 10.6. The van der Waals surface area contributed by atoms with E-state index in [0.717, 1.165) is 0 Å².